The molecule has 1 atom stereocenters. The topological polar surface area (TPSA) is 55.1 Å². The number of hydrogen-bond acceptors (Lipinski definition) is 2. The van der Waals surface area contributed by atoms with E-state index in [-0.39, 0.29) is 0 Å². The van der Waals surface area contributed by atoms with Crippen LogP contribution in [0.1, 0.15) is 11.6 Å². The predicted molar refractivity (Wildman–Crippen MR) is 68.4 cm³/mol. The summed E-state index contributed by atoms with van der Waals surface area (Å²) in [5.74, 6) is -2.35. The molecule has 0 fully saturated rings. The Kier molecular flexibility index (Phi) is 3.87. The first kappa shape index (κ1) is 13.2. The van der Waals surface area contributed by atoms with Crippen LogP contribution >= 0.6 is 0 Å². The van der Waals surface area contributed by atoms with Crippen molar-refractivity contribution in [3.8, 4) is 0 Å². The molecule has 2 aromatic carbocycles. The maximum atomic E-state index is 13.4. The number of carbonyl (C=O) groups is 1. The van der Waals surface area contributed by atoms with Crippen LogP contribution in [0.25, 0.3) is 0 Å². The molecule has 3 N–H and O–H groups in total. The molecule has 0 aromatic heterocycles. The Balaban J connectivity index is 2.18. The zero-order chi connectivity index (χ0) is 13.8. The number of halogens is 2. The van der Waals surface area contributed by atoms with Gasteiger partial charge in [-0.15, -0.1) is 0 Å². The summed E-state index contributed by atoms with van der Waals surface area (Å²) in [6.07, 6.45) is 0. The minimum Gasteiger partial charge on any atom is -0.320 e. The van der Waals surface area contributed by atoms with E-state index in [0.717, 1.165) is 12.1 Å². The molecule has 0 saturated heterocycles. The molecule has 0 spiro atoms. The number of anilines is 1. The molecule has 1 amide bonds. The third-order valence-corrected chi connectivity index (χ3v) is 2.65. The van der Waals surface area contributed by atoms with Crippen LogP contribution in [0.3, 0.4) is 0 Å². The molecule has 98 valence electrons. The van der Waals surface area contributed by atoms with Crippen LogP contribution in [-0.2, 0) is 4.79 Å². The van der Waals surface area contributed by atoms with Gasteiger partial charge >= 0.3 is 0 Å². The first-order valence-corrected chi connectivity index (χ1v) is 5.65. The summed E-state index contributed by atoms with van der Waals surface area (Å²) in [7, 11) is 0. The zero-order valence-corrected chi connectivity index (χ0v) is 9.94. The third kappa shape index (κ3) is 2.95. The van der Waals surface area contributed by atoms with Gasteiger partial charge in [-0.05, 0) is 17.7 Å². The molecule has 19 heavy (non-hydrogen) atoms. The minimum absolute atomic E-state index is 0.487. The monoisotopic (exact) mass is 262 g/mol. The Bertz CT molecular complexity index is 567. The third-order valence-electron chi connectivity index (χ3n) is 2.65. The Hall–Kier alpha value is -2.27. The first-order valence-electron chi connectivity index (χ1n) is 5.65. The molecule has 0 bridgehead atoms. The fourth-order valence-electron chi connectivity index (χ4n) is 1.63. The molecular formula is C14H12F2N2O. The average Bonchev–Trinajstić information content (AvgIpc) is 2.43. The Morgan fingerprint density at radius 3 is 2.16 bits per heavy atom. The van der Waals surface area contributed by atoms with E-state index in [1.165, 1.54) is 6.07 Å². The van der Waals surface area contributed by atoms with Crippen LogP contribution in [0, 0.1) is 11.6 Å². The average molecular weight is 262 g/mol. The molecule has 3 nitrogen and oxygen atoms in total. The molecule has 2 aromatic rings. The van der Waals surface area contributed by atoms with Gasteiger partial charge in [-0.2, -0.15) is 0 Å². The molecule has 5 heteroatoms. The zero-order valence-electron chi connectivity index (χ0n) is 9.94. The maximum absolute atomic E-state index is 13.4. The molecule has 0 radical (unpaired) electrons. The molecule has 0 aliphatic carbocycles. The molecule has 0 saturated carbocycles. The number of para-hydroxylation sites is 1. The Morgan fingerprint density at radius 2 is 1.58 bits per heavy atom. The van der Waals surface area contributed by atoms with Crippen molar-refractivity contribution in [1.82, 2.24) is 0 Å². The predicted octanol–water partition coefficient (Wildman–Crippen LogP) is 2.60. The Morgan fingerprint density at radius 1 is 1.00 bits per heavy atom. The van der Waals surface area contributed by atoms with Gasteiger partial charge in [0.25, 0.3) is 0 Å². The minimum atomic E-state index is -0.986. The molecule has 0 aliphatic heterocycles. The first-order chi connectivity index (χ1) is 9.09. The van der Waals surface area contributed by atoms with Crippen LogP contribution in [-0.4, -0.2) is 5.91 Å². The van der Waals surface area contributed by atoms with Crippen molar-refractivity contribution in [1.29, 1.82) is 0 Å². The summed E-state index contributed by atoms with van der Waals surface area (Å²) in [5, 5.41) is 2.16. The van der Waals surface area contributed by atoms with Crippen molar-refractivity contribution >= 4 is 11.6 Å². The van der Waals surface area contributed by atoms with E-state index in [1.807, 2.05) is 0 Å². The van der Waals surface area contributed by atoms with Crippen LogP contribution in [0.4, 0.5) is 14.5 Å². The summed E-state index contributed by atoms with van der Waals surface area (Å²) < 4.78 is 26.8. The van der Waals surface area contributed by atoms with Gasteiger partial charge in [-0.1, -0.05) is 36.4 Å². The van der Waals surface area contributed by atoms with Crippen LogP contribution in [0.5, 0.6) is 0 Å². The Labute approximate surface area is 109 Å². The summed E-state index contributed by atoms with van der Waals surface area (Å²) >= 11 is 0. The SMILES string of the molecule is NC(C(=O)Nc1c(F)cccc1F)c1ccccc1. The van der Waals surface area contributed by atoms with Gasteiger partial charge in [0.2, 0.25) is 5.91 Å². The van der Waals surface area contributed by atoms with E-state index in [9.17, 15) is 13.6 Å². The van der Waals surface area contributed by atoms with Crippen molar-refractivity contribution in [3.63, 3.8) is 0 Å². The summed E-state index contributed by atoms with van der Waals surface area (Å²) in [6, 6.07) is 10.9. The highest BCUT2D eigenvalue weighted by molar-refractivity contribution is 5.95. The summed E-state index contributed by atoms with van der Waals surface area (Å²) in [5.41, 5.74) is 5.81. The van der Waals surface area contributed by atoms with E-state index in [2.05, 4.69) is 5.32 Å². The lowest BCUT2D eigenvalue weighted by atomic mass is 10.1. The molecule has 0 aliphatic rings. The highest BCUT2D eigenvalue weighted by atomic mass is 19.1. The van der Waals surface area contributed by atoms with Crippen molar-refractivity contribution in [2.45, 2.75) is 6.04 Å². The van der Waals surface area contributed by atoms with Gasteiger partial charge < -0.3 is 11.1 Å². The fourth-order valence-corrected chi connectivity index (χ4v) is 1.63. The van der Waals surface area contributed by atoms with Crippen molar-refractivity contribution in [2.24, 2.45) is 5.73 Å². The maximum Gasteiger partial charge on any atom is 0.246 e. The van der Waals surface area contributed by atoms with Crippen molar-refractivity contribution in [3.05, 3.63) is 65.7 Å². The van der Waals surface area contributed by atoms with Gasteiger partial charge in [0.15, 0.2) is 0 Å². The van der Waals surface area contributed by atoms with Crippen molar-refractivity contribution in [2.75, 3.05) is 5.32 Å². The second-order valence-electron chi connectivity index (χ2n) is 3.97. The quantitative estimate of drug-likeness (QED) is 0.893. The number of hydrogen-bond donors (Lipinski definition) is 2. The molecule has 2 rings (SSSR count). The highest BCUT2D eigenvalue weighted by Gasteiger charge is 2.18. The van der Waals surface area contributed by atoms with Crippen LogP contribution < -0.4 is 11.1 Å². The summed E-state index contributed by atoms with van der Waals surface area (Å²) in [6.45, 7) is 0. The molecular weight excluding hydrogens is 250 g/mol. The largest absolute Gasteiger partial charge is 0.320 e. The number of benzene rings is 2. The molecule has 0 heterocycles. The fraction of sp³-hybridized carbons (Fsp3) is 0.0714. The van der Waals surface area contributed by atoms with Crippen LogP contribution in [0.15, 0.2) is 48.5 Å². The highest BCUT2D eigenvalue weighted by Crippen LogP contribution is 2.20. The standard InChI is InChI=1S/C14H12F2N2O/c15-10-7-4-8-11(16)13(10)18-14(19)12(17)9-5-2-1-3-6-9/h1-8,12H,17H2,(H,18,19). The van der Waals surface area contributed by atoms with Gasteiger partial charge in [0.1, 0.15) is 23.4 Å². The normalized spacial score (nSPS) is 11.9. The van der Waals surface area contributed by atoms with Crippen molar-refractivity contribution < 1.29 is 13.6 Å². The second-order valence-corrected chi connectivity index (χ2v) is 3.97. The number of carbonyl (C=O) groups excluding carboxylic acids is 1. The van der Waals surface area contributed by atoms with E-state index in [1.54, 1.807) is 30.3 Å². The number of nitrogens with one attached hydrogen (secondary N) is 1. The van der Waals surface area contributed by atoms with Gasteiger partial charge in [0.05, 0.1) is 0 Å². The lowest BCUT2D eigenvalue weighted by Crippen LogP contribution is -2.28. The van der Waals surface area contributed by atoms with E-state index in [0.29, 0.717) is 5.56 Å². The molecule has 1 unspecified atom stereocenters. The number of nitrogens with two attached hydrogens (primary N) is 1. The van der Waals surface area contributed by atoms with E-state index < -0.39 is 29.3 Å². The van der Waals surface area contributed by atoms with Gasteiger partial charge in [0, 0.05) is 0 Å². The number of amides is 1. The van der Waals surface area contributed by atoms with Gasteiger partial charge in [-0.3, -0.25) is 4.79 Å². The smallest absolute Gasteiger partial charge is 0.246 e. The van der Waals surface area contributed by atoms with E-state index in [4.69, 9.17) is 5.73 Å². The van der Waals surface area contributed by atoms with Gasteiger partial charge in [-0.25, -0.2) is 8.78 Å². The summed E-state index contributed by atoms with van der Waals surface area (Å²) in [4.78, 5) is 11.8. The van der Waals surface area contributed by atoms with E-state index >= 15 is 0 Å². The number of rotatable bonds is 3. The van der Waals surface area contributed by atoms with Crippen LogP contribution in [0.2, 0.25) is 0 Å². The second kappa shape index (κ2) is 5.58. The lowest BCUT2D eigenvalue weighted by molar-refractivity contribution is -0.117. The lowest BCUT2D eigenvalue weighted by Gasteiger charge is -2.13.